The highest BCUT2D eigenvalue weighted by molar-refractivity contribution is 6.04. The van der Waals surface area contributed by atoms with E-state index in [0.717, 1.165) is 24.0 Å². The zero-order valence-electron chi connectivity index (χ0n) is 26.1. The van der Waals surface area contributed by atoms with Crippen molar-refractivity contribution in [3.63, 3.8) is 0 Å². The molecule has 0 saturated heterocycles. The Labute approximate surface area is 264 Å². The number of aliphatic hydroxyl groups is 2. The van der Waals surface area contributed by atoms with Crippen molar-refractivity contribution < 1.29 is 29.4 Å². The quantitative estimate of drug-likeness (QED) is 0.166. The lowest BCUT2D eigenvalue weighted by atomic mass is 9.90. The van der Waals surface area contributed by atoms with Gasteiger partial charge in [0.05, 0.1) is 18.1 Å². The molecule has 45 heavy (non-hydrogen) atoms. The van der Waals surface area contributed by atoms with Crippen molar-refractivity contribution >= 4 is 23.6 Å². The Balaban J connectivity index is 1.86. The third kappa shape index (κ3) is 9.99. The number of rotatable bonds is 16. The zero-order chi connectivity index (χ0) is 32.9. The lowest BCUT2D eigenvalue weighted by molar-refractivity contribution is -0.131. The standard InChI is InChI=1S/C35H44N4O6/c1-4-16-39(17-5-2)35(45)28-20-26(32(36)42)19-27(21-28)34(44)38-29(18-24-12-8-6-9-13-24)31(41)30(40)23(3)33(43)37-22-25-14-10-7-11-15-25/h6-15,19-21,23,29-31,40-41H,4-5,16-18,22H2,1-3H3,(H2,36,42)(H,37,43)(H,38,44). The van der Waals surface area contributed by atoms with Crippen LogP contribution < -0.4 is 16.4 Å². The summed E-state index contributed by atoms with van der Waals surface area (Å²) in [5.41, 5.74) is 7.33. The molecule has 3 aromatic rings. The van der Waals surface area contributed by atoms with Gasteiger partial charge in [-0.3, -0.25) is 19.2 Å². The Morgan fingerprint density at radius 3 is 1.87 bits per heavy atom. The van der Waals surface area contributed by atoms with Crippen LogP contribution in [0.2, 0.25) is 0 Å². The molecule has 6 N–H and O–H groups in total. The van der Waals surface area contributed by atoms with Crippen LogP contribution in [0.4, 0.5) is 0 Å². The van der Waals surface area contributed by atoms with E-state index in [1.807, 2.05) is 74.5 Å². The van der Waals surface area contributed by atoms with Gasteiger partial charge in [0.2, 0.25) is 11.8 Å². The first-order valence-corrected chi connectivity index (χ1v) is 15.3. The maximum absolute atomic E-state index is 13.6. The molecule has 4 unspecified atom stereocenters. The summed E-state index contributed by atoms with van der Waals surface area (Å²) < 4.78 is 0. The number of benzene rings is 3. The van der Waals surface area contributed by atoms with Gasteiger partial charge in [-0.15, -0.1) is 0 Å². The van der Waals surface area contributed by atoms with E-state index >= 15 is 0 Å². The van der Waals surface area contributed by atoms with E-state index in [2.05, 4.69) is 10.6 Å². The summed E-state index contributed by atoms with van der Waals surface area (Å²) in [4.78, 5) is 53.7. The molecule has 4 amide bonds. The van der Waals surface area contributed by atoms with E-state index in [4.69, 9.17) is 5.73 Å². The van der Waals surface area contributed by atoms with Crippen molar-refractivity contribution in [3.8, 4) is 0 Å². The molecule has 4 atom stereocenters. The molecule has 0 spiro atoms. The number of aliphatic hydroxyl groups excluding tert-OH is 2. The van der Waals surface area contributed by atoms with Gasteiger partial charge in [0.25, 0.3) is 11.8 Å². The van der Waals surface area contributed by atoms with Gasteiger partial charge >= 0.3 is 0 Å². The van der Waals surface area contributed by atoms with Crippen LogP contribution in [0.15, 0.2) is 78.9 Å². The third-order valence-corrected chi connectivity index (χ3v) is 7.61. The number of carbonyl (C=O) groups excluding carboxylic acids is 4. The minimum Gasteiger partial charge on any atom is -0.390 e. The second-order valence-corrected chi connectivity index (χ2v) is 11.2. The minimum absolute atomic E-state index is 0.00370. The fourth-order valence-corrected chi connectivity index (χ4v) is 5.07. The predicted molar refractivity (Wildman–Crippen MR) is 172 cm³/mol. The van der Waals surface area contributed by atoms with Crippen molar-refractivity contribution in [3.05, 3.63) is 107 Å². The average Bonchev–Trinajstić information content (AvgIpc) is 3.06. The van der Waals surface area contributed by atoms with Crippen LogP contribution in [0.1, 0.15) is 75.8 Å². The average molecular weight is 617 g/mol. The summed E-state index contributed by atoms with van der Waals surface area (Å²) in [6.07, 6.45) is -1.47. The van der Waals surface area contributed by atoms with Crippen LogP contribution >= 0.6 is 0 Å². The largest absolute Gasteiger partial charge is 0.390 e. The van der Waals surface area contributed by atoms with E-state index < -0.39 is 41.9 Å². The van der Waals surface area contributed by atoms with Gasteiger partial charge in [0.1, 0.15) is 6.10 Å². The van der Waals surface area contributed by atoms with Crippen LogP contribution in [0.3, 0.4) is 0 Å². The van der Waals surface area contributed by atoms with Gasteiger partial charge in [-0.05, 0) is 48.6 Å². The Morgan fingerprint density at radius 1 is 0.778 bits per heavy atom. The summed E-state index contributed by atoms with van der Waals surface area (Å²) in [6, 6.07) is 21.4. The van der Waals surface area contributed by atoms with E-state index in [1.54, 1.807) is 4.90 Å². The molecule has 0 heterocycles. The van der Waals surface area contributed by atoms with E-state index in [1.165, 1.54) is 25.1 Å². The van der Waals surface area contributed by atoms with Crippen LogP contribution in [-0.2, 0) is 17.8 Å². The molecule has 0 bridgehead atoms. The van der Waals surface area contributed by atoms with Crippen molar-refractivity contribution in [2.24, 2.45) is 11.7 Å². The first-order valence-electron chi connectivity index (χ1n) is 15.3. The number of amides is 4. The maximum Gasteiger partial charge on any atom is 0.253 e. The fourth-order valence-electron chi connectivity index (χ4n) is 5.07. The van der Waals surface area contributed by atoms with Gasteiger partial charge in [-0.1, -0.05) is 81.4 Å². The molecule has 0 aliphatic carbocycles. The van der Waals surface area contributed by atoms with Gasteiger partial charge in [-0.25, -0.2) is 0 Å². The van der Waals surface area contributed by atoms with Crippen LogP contribution in [-0.4, -0.2) is 70.1 Å². The number of primary amides is 1. The molecule has 10 heteroatoms. The number of hydrogen-bond donors (Lipinski definition) is 5. The molecule has 0 aliphatic rings. The number of nitrogens with one attached hydrogen (secondary N) is 2. The van der Waals surface area contributed by atoms with Gasteiger partial charge in [-0.2, -0.15) is 0 Å². The molecular weight excluding hydrogens is 572 g/mol. The van der Waals surface area contributed by atoms with Crippen LogP contribution in [0, 0.1) is 5.92 Å². The Morgan fingerprint density at radius 2 is 1.31 bits per heavy atom. The normalized spacial score (nSPS) is 13.6. The Kier molecular flexibility index (Phi) is 13.3. The molecule has 3 rings (SSSR count). The molecule has 0 saturated carbocycles. The number of nitrogens with two attached hydrogens (primary N) is 1. The van der Waals surface area contributed by atoms with Crippen molar-refractivity contribution in [2.45, 2.75) is 64.8 Å². The predicted octanol–water partition coefficient (Wildman–Crippen LogP) is 3.06. The van der Waals surface area contributed by atoms with Crippen molar-refractivity contribution in [1.29, 1.82) is 0 Å². The number of hydrogen-bond acceptors (Lipinski definition) is 6. The molecule has 0 radical (unpaired) electrons. The lowest BCUT2D eigenvalue weighted by Crippen LogP contribution is -2.53. The Bertz CT molecular complexity index is 1430. The first kappa shape index (κ1) is 34.9. The highest BCUT2D eigenvalue weighted by Crippen LogP contribution is 2.18. The summed E-state index contributed by atoms with van der Waals surface area (Å²) in [6.45, 7) is 6.68. The SMILES string of the molecule is CCCN(CCC)C(=O)c1cc(C(N)=O)cc(C(=O)NC(Cc2ccccc2)C(O)C(O)C(C)C(=O)NCc2ccccc2)c1. The van der Waals surface area contributed by atoms with Gasteiger partial charge in [0, 0.05) is 36.3 Å². The van der Waals surface area contributed by atoms with Gasteiger partial charge < -0.3 is 31.5 Å². The summed E-state index contributed by atoms with van der Waals surface area (Å²) >= 11 is 0. The zero-order valence-corrected chi connectivity index (χ0v) is 26.1. The topological polar surface area (TPSA) is 162 Å². The molecule has 0 aliphatic heterocycles. The number of carbonyl (C=O) groups is 4. The molecule has 3 aromatic carbocycles. The molecule has 0 fully saturated rings. The molecular formula is C35H44N4O6. The third-order valence-electron chi connectivity index (χ3n) is 7.61. The summed E-state index contributed by atoms with van der Waals surface area (Å²) in [5.74, 6) is -3.29. The fraction of sp³-hybridized carbons (Fsp3) is 0.371. The smallest absolute Gasteiger partial charge is 0.253 e. The Hall–Kier alpha value is -4.54. The minimum atomic E-state index is -1.54. The maximum atomic E-state index is 13.6. The summed E-state index contributed by atoms with van der Waals surface area (Å²) in [7, 11) is 0. The monoisotopic (exact) mass is 616 g/mol. The van der Waals surface area contributed by atoms with E-state index in [-0.39, 0.29) is 35.6 Å². The van der Waals surface area contributed by atoms with Crippen LogP contribution in [0.5, 0.6) is 0 Å². The molecule has 240 valence electrons. The molecule has 10 nitrogen and oxygen atoms in total. The summed E-state index contributed by atoms with van der Waals surface area (Å²) in [5, 5.41) is 28.0. The van der Waals surface area contributed by atoms with Gasteiger partial charge in [0.15, 0.2) is 0 Å². The highest BCUT2D eigenvalue weighted by Gasteiger charge is 2.35. The molecule has 0 aromatic heterocycles. The van der Waals surface area contributed by atoms with E-state index in [0.29, 0.717) is 13.1 Å². The highest BCUT2D eigenvalue weighted by atomic mass is 16.3. The van der Waals surface area contributed by atoms with E-state index in [9.17, 15) is 29.4 Å². The van der Waals surface area contributed by atoms with Crippen LogP contribution in [0.25, 0.3) is 0 Å². The first-order chi connectivity index (χ1) is 21.5. The van der Waals surface area contributed by atoms with Crippen molar-refractivity contribution in [1.82, 2.24) is 15.5 Å². The second kappa shape index (κ2) is 17.1. The second-order valence-electron chi connectivity index (χ2n) is 11.2. The van der Waals surface area contributed by atoms with Crippen molar-refractivity contribution in [2.75, 3.05) is 13.1 Å². The lowest BCUT2D eigenvalue weighted by Gasteiger charge is -2.30. The number of nitrogens with zero attached hydrogens (tertiary/aromatic N) is 1.